The van der Waals surface area contributed by atoms with Gasteiger partial charge < -0.3 is 10.5 Å². The van der Waals surface area contributed by atoms with Crippen LogP contribution in [0.25, 0.3) is 0 Å². The molecule has 1 aromatic rings. The summed E-state index contributed by atoms with van der Waals surface area (Å²) in [4.78, 5) is 4.23. The van der Waals surface area contributed by atoms with Crippen molar-refractivity contribution in [2.45, 2.75) is 37.8 Å². The molecule has 1 heterocycles. The molecule has 1 aliphatic rings. The molecule has 16 heavy (non-hydrogen) atoms. The zero-order valence-electron chi connectivity index (χ0n) is 8.83. The van der Waals surface area contributed by atoms with Gasteiger partial charge in [0.2, 0.25) is 5.88 Å². The van der Waals surface area contributed by atoms with E-state index in [9.17, 15) is 0 Å². The molecule has 2 N–H and O–H groups in total. The van der Waals surface area contributed by atoms with Crippen LogP contribution < -0.4 is 10.5 Å². The number of aromatic nitrogens is 1. The van der Waals surface area contributed by atoms with Crippen molar-refractivity contribution in [3.8, 4) is 5.88 Å². The van der Waals surface area contributed by atoms with Gasteiger partial charge in [-0.1, -0.05) is 6.42 Å². The van der Waals surface area contributed by atoms with Crippen molar-refractivity contribution in [1.29, 1.82) is 0 Å². The molecule has 0 aromatic carbocycles. The van der Waals surface area contributed by atoms with Crippen LogP contribution in [0.2, 0.25) is 0 Å². The van der Waals surface area contributed by atoms with E-state index in [0.717, 1.165) is 21.8 Å². The third kappa shape index (κ3) is 2.96. The maximum atomic E-state index is 6.03. The quantitative estimate of drug-likeness (QED) is 0.891. The fourth-order valence-electron chi connectivity index (χ4n) is 1.90. The molecule has 2 rings (SSSR count). The first-order valence-electron chi connectivity index (χ1n) is 5.40. The number of pyridine rings is 1. The first-order chi connectivity index (χ1) is 7.66. The van der Waals surface area contributed by atoms with Gasteiger partial charge in [0.25, 0.3) is 0 Å². The Morgan fingerprint density at radius 3 is 2.75 bits per heavy atom. The van der Waals surface area contributed by atoms with E-state index in [1.54, 1.807) is 6.20 Å². The Bertz CT molecular complexity index is 373. The summed E-state index contributed by atoms with van der Waals surface area (Å²) in [6.45, 7) is 0. The molecular formula is C11H14Br2N2O. The summed E-state index contributed by atoms with van der Waals surface area (Å²) in [6, 6.07) is 2.06. The summed E-state index contributed by atoms with van der Waals surface area (Å²) in [5, 5.41) is 0. The lowest BCUT2D eigenvalue weighted by Crippen LogP contribution is -2.41. The van der Waals surface area contributed by atoms with Crippen LogP contribution in [-0.4, -0.2) is 17.1 Å². The predicted octanol–water partition coefficient (Wildman–Crippen LogP) is 3.26. The molecule has 1 aliphatic carbocycles. The van der Waals surface area contributed by atoms with Crippen LogP contribution in [0.3, 0.4) is 0 Å². The van der Waals surface area contributed by atoms with Crippen LogP contribution in [0, 0.1) is 0 Å². The molecular weight excluding hydrogens is 336 g/mol. The molecule has 0 spiro atoms. The van der Waals surface area contributed by atoms with Crippen LogP contribution in [0.4, 0.5) is 0 Å². The number of hydrogen-bond acceptors (Lipinski definition) is 3. The first kappa shape index (κ1) is 12.3. The average Bonchev–Trinajstić information content (AvgIpc) is 2.25. The van der Waals surface area contributed by atoms with E-state index in [2.05, 4.69) is 36.8 Å². The molecule has 0 radical (unpaired) electrons. The molecule has 0 saturated heterocycles. The lowest BCUT2D eigenvalue weighted by molar-refractivity contribution is 0.126. The molecule has 1 aromatic heterocycles. The number of halogens is 2. The minimum absolute atomic E-state index is 0.0960. The molecule has 1 fully saturated rings. The van der Waals surface area contributed by atoms with Gasteiger partial charge in [0.05, 0.1) is 4.47 Å². The minimum atomic E-state index is 0.0960. The molecule has 1 saturated carbocycles. The Hall–Kier alpha value is -0.130. The highest BCUT2D eigenvalue weighted by molar-refractivity contribution is 9.11. The number of ether oxygens (including phenoxy) is 1. The van der Waals surface area contributed by atoms with Crippen LogP contribution in [0.1, 0.15) is 25.7 Å². The van der Waals surface area contributed by atoms with Gasteiger partial charge in [-0.25, -0.2) is 4.98 Å². The Balaban J connectivity index is 2.07. The highest BCUT2D eigenvalue weighted by Crippen LogP contribution is 2.29. The largest absolute Gasteiger partial charge is 0.472 e. The van der Waals surface area contributed by atoms with Gasteiger partial charge in [0.1, 0.15) is 6.10 Å². The van der Waals surface area contributed by atoms with Crippen molar-refractivity contribution in [3.05, 3.63) is 21.2 Å². The van der Waals surface area contributed by atoms with Crippen molar-refractivity contribution >= 4 is 31.9 Å². The van der Waals surface area contributed by atoms with E-state index < -0.39 is 0 Å². The topological polar surface area (TPSA) is 48.1 Å². The smallest absolute Gasteiger partial charge is 0.228 e. The van der Waals surface area contributed by atoms with E-state index in [-0.39, 0.29) is 12.1 Å². The summed E-state index contributed by atoms with van der Waals surface area (Å²) in [7, 11) is 0. The summed E-state index contributed by atoms with van der Waals surface area (Å²) in [5.74, 6) is 0.630. The SMILES string of the molecule is NC1CCCCC1Oc1ncc(Br)cc1Br. The fraction of sp³-hybridized carbons (Fsp3) is 0.545. The van der Waals surface area contributed by atoms with Gasteiger partial charge in [-0.15, -0.1) is 0 Å². The maximum absolute atomic E-state index is 6.03. The van der Waals surface area contributed by atoms with Crippen molar-refractivity contribution in [2.24, 2.45) is 5.73 Å². The second-order valence-corrected chi connectivity index (χ2v) is 5.82. The number of hydrogen-bond donors (Lipinski definition) is 1. The fourth-order valence-corrected chi connectivity index (χ4v) is 2.98. The highest BCUT2D eigenvalue weighted by atomic mass is 79.9. The molecule has 0 bridgehead atoms. The molecule has 3 nitrogen and oxygen atoms in total. The van der Waals surface area contributed by atoms with Crippen LogP contribution in [0.5, 0.6) is 5.88 Å². The Kier molecular flexibility index (Phi) is 4.21. The molecule has 0 amide bonds. The Morgan fingerprint density at radius 1 is 1.31 bits per heavy atom. The summed E-state index contributed by atoms with van der Waals surface area (Å²) >= 11 is 6.80. The lowest BCUT2D eigenvalue weighted by Gasteiger charge is -2.28. The average molecular weight is 350 g/mol. The molecule has 2 atom stereocenters. The molecule has 5 heteroatoms. The lowest BCUT2D eigenvalue weighted by atomic mass is 9.93. The van der Waals surface area contributed by atoms with Crippen molar-refractivity contribution in [1.82, 2.24) is 4.98 Å². The Labute approximate surface area is 112 Å². The van der Waals surface area contributed by atoms with Gasteiger partial charge in [-0.2, -0.15) is 0 Å². The van der Waals surface area contributed by atoms with Gasteiger partial charge in [0, 0.05) is 16.7 Å². The van der Waals surface area contributed by atoms with E-state index in [4.69, 9.17) is 10.5 Å². The monoisotopic (exact) mass is 348 g/mol. The van der Waals surface area contributed by atoms with E-state index >= 15 is 0 Å². The van der Waals surface area contributed by atoms with Crippen molar-refractivity contribution in [2.75, 3.05) is 0 Å². The third-order valence-electron chi connectivity index (χ3n) is 2.79. The summed E-state index contributed by atoms with van der Waals surface area (Å²) in [6.07, 6.45) is 6.28. The van der Waals surface area contributed by atoms with Crippen LogP contribution in [-0.2, 0) is 0 Å². The molecule has 0 aliphatic heterocycles. The molecule has 2 unspecified atom stereocenters. The van der Waals surface area contributed by atoms with E-state index in [1.807, 2.05) is 6.07 Å². The summed E-state index contributed by atoms with van der Waals surface area (Å²) in [5.41, 5.74) is 6.03. The van der Waals surface area contributed by atoms with Gasteiger partial charge in [-0.3, -0.25) is 0 Å². The zero-order valence-corrected chi connectivity index (χ0v) is 12.0. The standard InChI is InChI=1S/C11H14Br2N2O/c12-7-5-8(13)11(15-6-7)16-10-4-2-1-3-9(10)14/h5-6,9-10H,1-4,14H2. The van der Waals surface area contributed by atoms with Gasteiger partial charge in [0.15, 0.2) is 0 Å². The second kappa shape index (κ2) is 5.47. The van der Waals surface area contributed by atoms with E-state index in [1.165, 1.54) is 12.8 Å². The number of nitrogens with zero attached hydrogens (tertiary/aromatic N) is 1. The summed E-state index contributed by atoms with van der Waals surface area (Å²) < 4.78 is 7.64. The second-order valence-electron chi connectivity index (χ2n) is 4.05. The first-order valence-corrected chi connectivity index (χ1v) is 6.98. The van der Waals surface area contributed by atoms with E-state index in [0.29, 0.717) is 5.88 Å². The van der Waals surface area contributed by atoms with Crippen molar-refractivity contribution < 1.29 is 4.74 Å². The molecule has 88 valence electrons. The van der Waals surface area contributed by atoms with Crippen LogP contribution >= 0.6 is 31.9 Å². The van der Waals surface area contributed by atoms with Gasteiger partial charge in [-0.05, 0) is 57.2 Å². The minimum Gasteiger partial charge on any atom is -0.472 e. The number of nitrogens with two attached hydrogens (primary N) is 1. The zero-order chi connectivity index (χ0) is 11.5. The maximum Gasteiger partial charge on any atom is 0.228 e. The third-order valence-corrected chi connectivity index (χ3v) is 3.79. The Morgan fingerprint density at radius 2 is 2.06 bits per heavy atom. The number of rotatable bonds is 2. The predicted molar refractivity (Wildman–Crippen MR) is 70.5 cm³/mol. The van der Waals surface area contributed by atoms with Crippen LogP contribution in [0.15, 0.2) is 21.2 Å². The normalized spacial score (nSPS) is 25.4. The highest BCUT2D eigenvalue weighted by Gasteiger charge is 2.24. The van der Waals surface area contributed by atoms with Gasteiger partial charge >= 0.3 is 0 Å². The van der Waals surface area contributed by atoms with Crippen molar-refractivity contribution in [3.63, 3.8) is 0 Å².